The van der Waals surface area contributed by atoms with Crippen molar-refractivity contribution in [2.75, 3.05) is 11.9 Å². The minimum absolute atomic E-state index is 0.0490. The maximum atomic E-state index is 11.9. The summed E-state index contributed by atoms with van der Waals surface area (Å²) in [5.74, 6) is 0.105. The van der Waals surface area contributed by atoms with E-state index in [1.807, 2.05) is 12.1 Å². The van der Waals surface area contributed by atoms with Gasteiger partial charge in [-0.1, -0.05) is 28.1 Å². The van der Waals surface area contributed by atoms with Crippen LogP contribution in [-0.2, 0) is 4.79 Å². The zero-order chi connectivity index (χ0) is 18.4. The predicted octanol–water partition coefficient (Wildman–Crippen LogP) is 4.31. The Kier molecular flexibility index (Phi) is 7.10. The topological polar surface area (TPSA) is 67.4 Å². The van der Waals surface area contributed by atoms with Crippen molar-refractivity contribution >= 4 is 66.6 Å². The van der Waals surface area contributed by atoms with Gasteiger partial charge < -0.3 is 10.1 Å². The molecule has 0 spiro atoms. The molecule has 0 radical (unpaired) electrons. The van der Waals surface area contributed by atoms with Crippen molar-refractivity contribution in [2.24, 2.45) is 0 Å². The molecule has 1 amide bonds. The Balaban J connectivity index is 1.86. The fourth-order valence-electron chi connectivity index (χ4n) is 1.88. The van der Waals surface area contributed by atoms with Crippen LogP contribution in [0.2, 0.25) is 0 Å². The van der Waals surface area contributed by atoms with Crippen LogP contribution in [0.4, 0.5) is 5.69 Å². The summed E-state index contributed by atoms with van der Waals surface area (Å²) in [6.07, 6.45) is 0. The quantitative estimate of drug-likeness (QED) is 0.488. The monoisotopic (exact) mass is 484 g/mol. The van der Waals surface area contributed by atoms with Crippen LogP contribution in [-0.4, -0.2) is 23.4 Å². The summed E-state index contributed by atoms with van der Waals surface area (Å²) >= 11 is 11.8. The summed E-state index contributed by atoms with van der Waals surface area (Å²) in [7, 11) is 0. The molecule has 0 bridgehead atoms. The zero-order valence-electron chi connectivity index (χ0n) is 13.1. The molecule has 25 heavy (non-hydrogen) atoms. The number of hydrogen-bond acceptors (Lipinski definition) is 4. The molecule has 0 saturated carbocycles. The fraction of sp³-hybridized carbons (Fsp3) is 0.118. The largest absolute Gasteiger partial charge is 0.483 e. The first-order valence-electron chi connectivity index (χ1n) is 7.15. The van der Waals surface area contributed by atoms with Gasteiger partial charge in [0.2, 0.25) is 0 Å². The van der Waals surface area contributed by atoms with Gasteiger partial charge >= 0.3 is 0 Å². The summed E-state index contributed by atoms with van der Waals surface area (Å²) in [4.78, 5) is 23.3. The molecule has 2 aromatic rings. The van der Waals surface area contributed by atoms with E-state index in [9.17, 15) is 9.59 Å². The van der Waals surface area contributed by atoms with Crippen molar-refractivity contribution in [1.82, 2.24) is 5.32 Å². The van der Waals surface area contributed by atoms with E-state index in [1.165, 1.54) is 6.92 Å². The first kappa shape index (κ1) is 19.6. The van der Waals surface area contributed by atoms with Crippen molar-refractivity contribution in [2.45, 2.75) is 6.92 Å². The van der Waals surface area contributed by atoms with Crippen LogP contribution in [0.3, 0.4) is 0 Å². The summed E-state index contributed by atoms with van der Waals surface area (Å²) in [5.41, 5.74) is 1.18. The van der Waals surface area contributed by atoms with Gasteiger partial charge in [-0.2, -0.15) is 0 Å². The molecule has 0 saturated heterocycles. The second kappa shape index (κ2) is 9.07. The Hall–Kier alpha value is -1.77. The van der Waals surface area contributed by atoms with Crippen LogP contribution in [0.1, 0.15) is 17.3 Å². The number of ketones is 1. The molecule has 2 rings (SSSR count). The lowest BCUT2D eigenvalue weighted by atomic mass is 10.1. The van der Waals surface area contributed by atoms with E-state index in [0.717, 1.165) is 8.95 Å². The molecule has 0 atom stereocenters. The summed E-state index contributed by atoms with van der Waals surface area (Å²) < 4.78 is 7.07. The normalized spacial score (nSPS) is 10.0. The summed E-state index contributed by atoms with van der Waals surface area (Å²) in [5, 5.41) is 5.52. The SMILES string of the molecule is CC(=O)c1cccc(NC(=S)NC(=O)COc2ccc(Br)cc2Br)c1. The van der Waals surface area contributed by atoms with Crippen molar-refractivity contribution < 1.29 is 14.3 Å². The highest BCUT2D eigenvalue weighted by atomic mass is 79.9. The predicted molar refractivity (Wildman–Crippen MR) is 108 cm³/mol. The number of ether oxygens (including phenoxy) is 1. The Morgan fingerprint density at radius 2 is 1.92 bits per heavy atom. The Morgan fingerprint density at radius 3 is 2.60 bits per heavy atom. The molecule has 2 aromatic carbocycles. The van der Waals surface area contributed by atoms with E-state index in [4.69, 9.17) is 17.0 Å². The molecule has 0 aliphatic rings. The molecule has 130 valence electrons. The molecule has 0 aliphatic heterocycles. The number of anilines is 1. The number of halogens is 2. The Morgan fingerprint density at radius 1 is 1.16 bits per heavy atom. The molecule has 0 unspecified atom stereocenters. The van der Waals surface area contributed by atoms with Gasteiger partial charge in [-0.3, -0.25) is 14.9 Å². The molecule has 5 nitrogen and oxygen atoms in total. The number of benzene rings is 2. The first-order chi connectivity index (χ1) is 11.8. The number of Topliss-reactive ketones (excluding diaryl/α,β-unsaturated/α-hetero) is 1. The lowest BCUT2D eigenvalue weighted by molar-refractivity contribution is -0.121. The third-order valence-corrected chi connectivity index (χ3v) is 4.35. The van der Waals surface area contributed by atoms with Crippen molar-refractivity contribution in [3.05, 3.63) is 57.0 Å². The molecular weight excluding hydrogens is 472 g/mol. The average molecular weight is 486 g/mol. The van der Waals surface area contributed by atoms with Crippen LogP contribution >= 0.6 is 44.1 Å². The second-order valence-corrected chi connectivity index (χ2v) is 7.18. The maximum Gasteiger partial charge on any atom is 0.264 e. The number of nitrogens with one attached hydrogen (secondary N) is 2. The lowest BCUT2D eigenvalue weighted by Gasteiger charge is -2.11. The molecule has 2 N–H and O–H groups in total. The first-order valence-corrected chi connectivity index (χ1v) is 9.14. The molecule has 0 fully saturated rings. The van der Waals surface area contributed by atoms with E-state index in [2.05, 4.69) is 42.5 Å². The Bertz CT molecular complexity index is 827. The molecule has 0 heterocycles. The number of hydrogen-bond donors (Lipinski definition) is 2. The van der Waals surface area contributed by atoms with Gasteiger partial charge in [0.05, 0.1) is 4.47 Å². The van der Waals surface area contributed by atoms with E-state index in [0.29, 0.717) is 17.0 Å². The maximum absolute atomic E-state index is 11.9. The van der Waals surface area contributed by atoms with Gasteiger partial charge in [0, 0.05) is 15.7 Å². The molecule has 0 aliphatic carbocycles. The highest BCUT2D eigenvalue weighted by Gasteiger charge is 2.09. The van der Waals surface area contributed by atoms with E-state index in [1.54, 1.807) is 30.3 Å². The van der Waals surface area contributed by atoms with Gasteiger partial charge in [-0.15, -0.1) is 0 Å². The third-order valence-electron chi connectivity index (χ3n) is 3.03. The fourth-order valence-corrected chi connectivity index (χ4v) is 3.27. The van der Waals surface area contributed by atoms with Gasteiger partial charge in [-0.05, 0) is 65.4 Å². The van der Waals surface area contributed by atoms with Gasteiger partial charge in [0.15, 0.2) is 17.5 Å². The van der Waals surface area contributed by atoms with Crippen LogP contribution in [0.15, 0.2) is 51.4 Å². The minimum Gasteiger partial charge on any atom is -0.483 e. The van der Waals surface area contributed by atoms with Crippen molar-refractivity contribution in [3.8, 4) is 5.75 Å². The van der Waals surface area contributed by atoms with Crippen LogP contribution in [0.5, 0.6) is 5.75 Å². The van der Waals surface area contributed by atoms with E-state index < -0.39 is 5.91 Å². The van der Waals surface area contributed by atoms with Crippen LogP contribution in [0, 0.1) is 0 Å². The summed E-state index contributed by atoms with van der Waals surface area (Å²) in [6, 6.07) is 12.2. The van der Waals surface area contributed by atoms with Crippen LogP contribution in [0.25, 0.3) is 0 Å². The molecule has 8 heteroatoms. The van der Waals surface area contributed by atoms with Crippen molar-refractivity contribution in [3.63, 3.8) is 0 Å². The second-order valence-electron chi connectivity index (χ2n) is 5.00. The zero-order valence-corrected chi connectivity index (χ0v) is 17.1. The molecule has 0 aromatic heterocycles. The highest BCUT2D eigenvalue weighted by molar-refractivity contribution is 9.11. The van der Waals surface area contributed by atoms with Gasteiger partial charge in [-0.25, -0.2) is 0 Å². The van der Waals surface area contributed by atoms with Gasteiger partial charge in [0.25, 0.3) is 5.91 Å². The van der Waals surface area contributed by atoms with Gasteiger partial charge in [0.1, 0.15) is 5.75 Å². The van der Waals surface area contributed by atoms with E-state index in [-0.39, 0.29) is 17.5 Å². The number of rotatable bonds is 5. The smallest absolute Gasteiger partial charge is 0.264 e. The minimum atomic E-state index is -0.393. The molecular formula is C17H14Br2N2O3S. The number of thiocarbonyl (C=S) groups is 1. The average Bonchev–Trinajstić information content (AvgIpc) is 2.54. The number of amides is 1. The Labute approximate surface area is 167 Å². The number of carbonyl (C=O) groups excluding carboxylic acids is 2. The number of carbonyl (C=O) groups is 2. The van der Waals surface area contributed by atoms with Crippen molar-refractivity contribution in [1.29, 1.82) is 0 Å². The summed E-state index contributed by atoms with van der Waals surface area (Å²) in [6.45, 7) is 1.30. The lowest BCUT2D eigenvalue weighted by Crippen LogP contribution is -2.37. The van der Waals surface area contributed by atoms with E-state index >= 15 is 0 Å². The van der Waals surface area contributed by atoms with Crippen LogP contribution < -0.4 is 15.4 Å². The third kappa shape index (κ3) is 6.22. The standard InChI is InChI=1S/C17H14Br2N2O3S/c1-10(22)11-3-2-4-13(7-11)20-17(25)21-16(23)9-24-15-6-5-12(18)8-14(15)19/h2-8H,9H2,1H3,(H2,20,21,23,25). The highest BCUT2D eigenvalue weighted by Crippen LogP contribution is 2.28.